The molecule has 0 fully saturated rings. The molecule has 0 N–H and O–H groups in total. The zero-order valence-electron chi connectivity index (χ0n) is 14.3. The lowest BCUT2D eigenvalue weighted by Crippen LogP contribution is -2.35. The van der Waals surface area contributed by atoms with E-state index < -0.39 is 0 Å². The van der Waals surface area contributed by atoms with Crippen LogP contribution in [0.2, 0.25) is 0 Å². The van der Waals surface area contributed by atoms with Gasteiger partial charge < -0.3 is 4.90 Å². The van der Waals surface area contributed by atoms with Crippen molar-refractivity contribution in [3.05, 3.63) is 100 Å². The van der Waals surface area contributed by atoms with E-state index in [1.165, 1.54) is 12.1 Å². The first-order valence-corrected chi connectivity index (χ1v) is 9.35. The highest BCUT2D eigenvalue weighted by Crippen LogP contribution is 2.37. The number of aliphatic imine (C=N–C) groups is 1. The van der Waals surface area contributed by atoms with E-state index in [4.69, 9.17) is 4.99 Å². The van der Waals surface area contributed by atoms with Gasteiger partial charge in [0.2, 0.25) is 0 Å². The molecule has 0 saturated heterocycles. The molecule has 4 heteroatoms. The third-order valence-electron chi connectivity index (χ3n) is 4.70. The van der Waals surface area contributed by atoms with Crippen molar-refractivity contribution in [1.82, 2.24) is 0 Å². The molecule has 1 heterocycles. The van der Waals surface area contributed by atoms with Gasteiger partial charge in [-0.3, -0.25) is 4.99 Å². The van der Waals surface area contributed by atoms with Crippen LogP contribution >= 0.6 is 15.9 Å². The Morgan fingerprint density at radius 1 is 0.885 bits per heavy atom. The Kier molecular flexibility index (Phi) is 4.60. The lowest BCUT2D eigenvalue weighted by Gasteiger charge is -2.30. The van der Waals surface area contributed by atoms with E-state index >= 15 is 0 Å². The summed E-state index contributed by atoms with van der Waals surface area (Å²) in [5.41, 5.74) is 4.18. The van der Waals surface area contributed by atoms with Gasteiger partial charge in [0.1, 0.15) is 12.0 Å². The van der Waals surface area contributed by atoms with Crippen molar-refractivity contribution >= 4 is 27.3 Å². The average Bonchev–Trinajstić information content (AvgIpc) is 3.01. The van der Waals surface area contributed by atoms with E-state index in [9.17, 15) is 4.39 Å². The standard InChI is InChI=1S/C22H18BrFN2/c1-15-21(16-7-11-19(24)12-8-16)25-22(17-5-3-2-4-6-17)26(15)20-13-9-18(23)10-14-20/h2-15,22H,1H3. The Morgan fingerprint density at radius 2 is 1.54 bits per heavy atom. The molecule has 0 aromatic heterocycles. The summed E-state index contributed by atoms with van der Waals surface area (Å²) in [5, 5.41) is 0. The third-order valence-corrected chi connectivity index (χ3v) is 5.23. The maximum absolute atomic E-state index is 13.3. The minimum Gasteiger partial charge on any atom is -0.337 e. The second-order valence-electron chi connectivity index (χ2n) is 6.37. The second kappa shape index (κ2) is 7.04. The Bertz CT molecular complexity index is 921. The largest absolute Gasteiger partial charge is 0.337 e. The molecule has 0 aliphatic carbocycles. The minimum atomic E-state index is -0.232. The smallest absolute Gasteiger partial charge is 0.148 e. The quantitative estimate of drug-likeness (QED) is 0.519. The Balaban J connectivity index is 1.79. The van der Waals surface area contributed by atoms with Crippen molar-refractivity contribution in [2.45, 2.75) is 19.1 Å². The number of hydrogen-bond acceptors (Lipinski definition) is 2. The summed E-state index contributed by atoms with van der Waals surface area (Å²) in [6, 6.07) is 25.2. The first-order valence-electron chi connectivity index (χ1n) is 8.56. The van der Waals surface area contributed by atoms with Crippen molar-refractivity contribution < 1.29 is 4.39 Å². The first-order chi connectivity index (χ1) is 12.6. The van der Waals surface area contributed by atoms with Gasteiger partial charge in [0.15, 0.2) is 0 Å². The highest BCUT2D eigenvalue weighted by atomic mass is 79.9. The zero-order valence-corrected chi connectivity index (χ0v) is 15.9. The molecule has 2 nitrogen and oxygen atoms in total. The maximum atomic E-state index is 13.3. The molecule has 1 aliphatic heterocycles. The van der Waals surface area contributed by atoms with Crippen LogP contribution in [0.1, 0.15) is 24.2 Å². The molecule has 3 aromatic rings. The first kappa shape index (κ1) is 17.0. The lowest BCUT2D eigenvalue weighted by atomic mass is 10.0. The van der Waals surface area contributed by atoms with Crippen LogP contribution in [-0.4, -0.2) is 11.8 Å². The summed E-state index contributed by atoms with van der Waals surface area (Å²) >= 11 is 3.50. The van der Waals surface area contributed by atoms with Crippen LogP contribution in [0.5, 0.6) is 0 Å². The van der Waals surface area contributed by atoms with E-state index in [1.54, 1.807) is 12.1 Å². The van der Waals surface area contributed by atoms with Crippen LogP contribution in [0.4, 0.5) is 10.1 Å². The number of rotatable bonds is 3. The van der Waals surface area contributed by atoms with Gasteiger partial charge in [-0.15, -0.1) is 0 Å². The van der Waals surface area contributed by atoms with Crippen LogP contribution < -0.4 is 4.90 Å². The van der Waals surface area contributed by atoms with E-state index in [0.717, 1.165) is 27.0 Å². The van der Waals surface area contributed by atoms with Crippen molar-refractivity contribution in [2.75, 3.05) is 4.90 Å². The minimum absolute atomic E-state index is 0.0758. The SMILES string of the molecule is CC1C(c2ccc(F)cc2)=NC(c2ccccc2)N1c1ccc(Br)cc1. The summed E-state index contributed by atoms with van der Waals surface area (Å²) in [6.07, 6.45) is -0.104. The van der Waals surface area contributed by atoms with Crippen LogP contribution in [0.3, 0.4) is 0 Å². The van der Waals surface area contributed by atoms with Crippen molar-refractivity contribution in [3.8, 4) is 0 Å². The molecule has 2 unspecified atom stereocenters. The highest BCUT2D eigenvalue weighted by Gasteiger charge is 2.35. The van der Waals surface area contributed by atoms with Crippen molar-refractivity contribution in [1.29, 1.82) is 0 Å². The predicted molar refractivity (Wildman–Crippen MR) is 108 cm³/mol. The zero-order chi connectivity index (χ0) is 18.1. The van der Waals surface area contributed by atoms with Gasteiger partial charge in [0.05, 0.1) is 11.8 Å². The molecule has 0 amide bonds. The number of anilines is 1. The van der Waals surface area contributed by atoms with Gasteiger partial charge in [-0.05, 0) is 54.4 Å². The molecular formula is C22H18BrFN2. The molecular weight excluding hydrogens is 391 g/mol. The molecule has 2 atom stereocenters. The fourth-order valence-electron chi connectivity index (χ4n) is 3.42. The van der Waals surface area contributed by atoms with Crippen LogP contribution in [0.15, 0.2) is 88.3 Å². The average molecular weight is 409 g/mol. The Morgan fingerprint density at radius 3 is 2.19 bits per heavy atom. The van der Waals surface area contributed by atoms with Gasteiger partial charge in [-0.1, -0.05) is 58.4 Å². The summed E-state index contributed by atoms with van der Waals surface area (Å²) in [4.78, 5) is 7.33. The monoisotopic (exact) mass is 408 g/mol. The Labute approximate surface area is 161 Å². The summed E-state index contributed by atoms with van der Waals surface area (Å²) < 4.78 is 14.4. The van der Waals surface area contributed by atoms with Gasteiger partial charge in [0, 0.05) is 10.2 Å². The molecule has 0 saturated carbocycles. The molecule has 0 radical (unpaired) electrons. The fraction of sp³-hybridized carbons (Fsp3) is 0.136. The number of benzene rings is 3. The molecule has 0 spiro atoms. The maximum Gasteiger partial charge on any atom is 0.148 e. The summed E-state index contributed by atoms with van der Waals surface area (Å²) in [6.45, 7) is 2.15. The molecule has 0 bridgehead atoms. The van der Waals surface area contributed by atoms with Gasteiger partial charge in [-0.25, -0.2) is 4.39 Å². The van der Waals surface area contributed by atoms with Gasteiger partial charge in [0.25, 0.3) is 0 Å². The van der Waals surface area contributed by atoms with Crippen LogP contribution in [0, 0.1) is 5.82 Å². The van der Waals surface area contributed by atoms with E-state index in [-0.39, 0.29) is 18.0 Å². The van der Waals surface area contributed by atoms with Gasteiger partial charge in [-0.2, -0.15) is 0 Å². The van der Waals surface area contributed by atoms with Gasteiger partial charge >= 0.3 is 0 Å². The van der Waals surface area contributed by atoms with Crippen LogP contribution in [-0.2, 0) is 0 Å². The van der Waals surface area contributed by atoms with Crippen molar-refractivity contribution in [2.24, 2.45) is 4.99 Å². The summed E-state index contributed by atoms with van der Waals surface area (Å²) in [5.74, 6) is -0.232. The predicted octanol–water partition coefficient (Wildman–Crippen LogP) is 5.98. The molecule has 130 valence electrons. The van der Waals surface area contributed by atoms with Crippen molar-refractivity contribution in [3.63, 3.8) is 0 Å². The number of nitrogens with zero attached hydrogens (tertiary/aromatic N) is 2. The molecule has 3 aromatic carbocycles. The normalized spacial score (nSPS) is 19.5. The number of hydrogen-bond donors (Lipinski definition) is 0. The van der Waals surface area contributed by atoms with E-state index in [1.807, 2.05) is 30.3 Å². The topological polar surface area (TPSA) is 15.6 Å². The fourth-order valence-corrected chi connectivity index (χ4v) is 3.68. The van der Waals surface area contributed by atoms with E-state index in [0.29, 0.717) is 0 Å². The Hall–Kier alpha value is -2.46. The third kappa shape index (κ3) is 3.17. The molecule has 1 aliphatic rings. The van der Waals surface area contributed by atoms with E-state index in [2.05, 4.69) is 52.0 Å². The molecule has 26 heavy (non-hydrogen) atoms. The second-order valence-corrected chi connectivity index (χ2v) is 7.28. The molecule has 4 rings (SSSR count). The van der Waals surface area contributed by atoms with Crippen LogP contribution in [0.25, 0.3) is 0 Å². The summed E-state index contributed by atoms with van der Waals surface area (Å²) in [7, 11) is 0. The lowest BCUT2D eigenvalue weighted by molar-refractivity contribution is 0.627. The number of halogens is 2. The highest BCUT2D eigenvalue weighted by molar-refractivity contribution is 9.10.